The van der Waals surface area contributed by atoms with E-state index in [1.165, 1.54) is 16.9 Å². The largest absolute Gasteiger partial charge is 0.497 e. The van der Waals surface area contributed by atoms with Gasteiger partial charge in [0.25, 0.3) is 10.0 Å². The third kappa shape index (κ3) is 4.46. The summed E-state index contributed by atoms with van der Waals surface area (Å²) in [7, 11) is -1.67. The van der Waals surface area contributed by atoms with Crippen LogP contribution in [0.3, 0.4) is 0 Å². The zero-order chi connectivity index (χ0) is 18.6. The molecule has 1 fully saturated rings. The van der Waals surface area contributed by atoms with E-state index in [-0.39, 0.29) is 0 Å². The molecule has 142 valence electrons. The Morgan fingerprint density at radius 1 is 1.12 bits per heavy atom. The molecule has 1 saturated heterocycles. The van der Waals surface area contributed by atoms with Crippen molar-refractivity contribution in [3.05, 3.63) is 46.8 Å². The first-order chi connectivity index (χ1) is 12.5. The molecular formula is C19H26N2O3S2. The second-order valence-corrected chi connectivity index (χ2v) is 9.75. The summed E-state index contributed by atoms with van der Waals surface area (Å²) in [4.78, 5) is 3.44. The lowest BCUT2D eigenvalue weighted by Crippen LogP contribution is -2.48. The van der Waals surface area contributed by atoms with Crippen LogP contribution < -0.4 is 4.74 Å². The number of aryl methyl sites for hydroxylation is 1. The molecule has 3 rings (SSSR count). The molecule has 0 radical (unpaired) electrons. The van der Waals surface area contributed by atoms with E-state index in [1.54, 1.807) is 17.5 Å². The molecule has 0 saturated carbocycles. The Morgan fingerprint density at radius 3 is 2.54 bits per heavy atom. The molecule has 0 atom stereocenters. The van der Waals surface area contributed by atoms with Crippen molar-refractivity contribution in [1.29, 1.82) is 0 Å². The fraction of sp³-hybridized carbons (Fsp3) is 0.474. The van der Waals surface area contributed by atoms with Crippen molar-refractivity contribution in [3.8, 4) is 5.75 Å². The van der Waals surface area contributed by atoms with Gasteiger partial charge in [-0.2, -0.15) is 4.31 Å². The molecule has 1 aromatic carbocycles. The Morgan fingerprint density at radius 2 is 1.88 bits per heavy atom. The molecule has 2 aromatic rings. The minimum absolute atomic E-state index is 0.471. The van der Waals surface area contributed by atoms with E-state index in [1.807, 2.05) is 25.1 Å². The highest BCUT2D eigenvalue weighted by Crippen LogP contribution is 2.26. The molecule has 0 spiro atoms. The Labute approximate surface area is 160 Å². The summed E-state index contributed by atoms with van der Waals surface area (Å²) < 4.78 is 32.9. The predicted octanol–water partition coefficient (Wildman–Crippen LogP) is 2.87. The standard InChI is InChI=1S/C19H26N2O3S2/c1-3-18-7-8-19(25-18)26(22,23)21-13-11-20(12-14-21)10-9-16-5-4-6-17(15-16)24-2/h4-8,15H,3,9-14H2,1-2H3. The third-order valence-electron chi connectivity index (χ3n) is 4.76. The van der Waals surface area contributed by atoms with E-state index in [4.69, 9.17) is 4.74 Å². The summed E-state index contributed by atoms with van der Waals surface area (Å²) in [5.41, 5.74) is 1.24. The molecule has 1 aliphatic heterocycles. The number of sulfonamides is 1. The van der Waals surface area contributed by atoms with Crippen molar-refractivity contribution < 1.29 is 13.2 Å². The van der Waals surface area contributed by atoms with Crippen molar-refractivity contribution in [3.63, 3.8) is 0 Å². The van der Waals surface area contributed by atoms with E-state index in [9.17, 15) is 8.42 Å². The number of hydrogen-bond donors (Lipinski definition) is 0. The Hall–Kier alpha value is -1.41. The lowest BCUT2D eigenvalue weighted by atomic mass is 10.1. The molecule has 2 heterocycles. The highest BCUT2D eigenvalue weighted by molar-refractivity contribution is 7.91. The van der Waals surface area contributed by atoms with Gasteiger partial charge in [-0.3, -0.25) is 0 Å². The summed E-state index contributed by atoms with van der Waals surface area (Å²) >= 11 is 1.39. The molecule has 0 aliphatic carbocycles. The average Bonchev–Trinajstić information content (AvgIpc) is 3.17. The number of piperazine rings is 1. The van der Waals surface area contributed by atoms with Gasteiger partial charge >= 0.3 is 0 Å². The monoisotopic (exact) mass is 394 g/mol. The molecule has 0 unspecified atom stereocenters. The topological polar surface area (TPSA) is 49.9 Å². The zero-order valence-corrected chi connectivity index (χ0v) is 17.0. The first-order valence-electron chi connectivity index (χ1n) is 8.97. The van der Waals surface area contributed by atoms with Gasteiger partial charge in [-0.1, -0.05) is 19.1 Å². The van der Waals surface area contributed by atoms with Crippen LogP contribution in [0.5, 0.6) is 5.75 Å². The van der Waals surface area contributed by atoms with E-state index in [0.29, 0.717) is 17.3 Å². The molecule has 1 aliphatic rings. The van der Waals surface area contributed by atoms with E-state index >= 15 is 0 Å². The van der Waals surface area contributed by atoms with Gasteiger partial charge in [0.15, 0.2) is 0 Å². The molecule has 1 aromatic heterocycles. The molecule has 0 amide bonds. The molecular weight excluding hydrogens is 368 g/mol. The van der Waals surface area contributed by atoms with Crippen LogP contribution in [0.2, 0.25) is 0 Å². The van der Waals surface area contributed by atoms with Gasteiger partial charge in [0.05, 0.1) is 7.11 Å². The highest BCUT2D eigenvalue weighted by atomic mass is 32.2. The summed E-state index contributed by atoms with van der Waals surface area (Å²) in [5, 5.41) is 0. The van der Waals surface area contributed by atoms with Crippen LogP contribution >= 0.6 is 11.3 Å². The van der Waals surface area contributed by atoms with Gasteiger partial charge in [0.2, 0.25) is 0 Å². The summed E-state index contributed by atoms with van der Waals surface area (Å²) in [6, 6.07) is 11.8. The maximum atomic E-state index is 12.8. The minimum Gasteiger partial charge on any atom is -0.497 e. The minimum atomic E-state index is -3.34. The van der Waals surface area contributed by atoms with Gasteiger partial charge in [-0.15, -0.1) is 11.3 Å². The average molecular weight is 395 g/mol. The summed E-state index contributed by atoms with van der Waals surface area (Å²) in [6.07, 6.45) is 1.81. The fourth-order valence-corrected chi connectivity index (χ4v) is 5.99. The maximum absolute atomic E-state index is 12.8. The van der Waals surface area contributed by atoms with Gasteiger partial charge < -0.3 is 9.64 Å². The quantitative estimate of drug-likeness (QED) is 0.725. The first-order valence-corrected chi connectivity index (χ1v) is 11.2. The number of nitrogens with zero attached hydrogens (tertiary/aromatic N) is 2. The maximum Gasteiger partial charge on any atom is 0.252 e. The highest BCUT2D eigenvalue weighted by Gasteiger charge is 2.29. The molecule has 0 N–H and O–H groups in total. The fourth-order valence-electron chi connectivity index (χ4n) is 3.12. The van der Waals surface area contributed by atoms with Crippen LogP contribution in [0, 0.1) is 0 Å². The van der Waals surface area contributed by atoms with Crippen molar-refractivity contribution in [1.82, 2.24) is 9.21 Å². The van der Waals surface area contributed by atoms with Crippen molar-refractivity contribution in [2.24, 2.45) is 0 Å². The van der Waals surface area contributed by atoms with Gasteiger partial charge in [-0.05, 0) is 42.7 Å². The molecule has 5 nitrogen and oxygen atoms in total. The van der Waals surface area contributed by atoms with Crippen LogP contribution in [0.4, 0.5) is 0 Å². The number of benzene rings is 1. The normalized spacial score (nSPS) is 16.7. The molecule has 26 heavy (non-hydrogen) atoms. The van der Waals surface area contributed by atoms with Crippen molar-refractivity contribution in [2.45, 2.75) is 24.0 Å². The summed E-state index contributed by atoms with van der Waals surface area (Å²) in [5.74, 6) is 0.876. The van der Waals surface area contributed by atoms with Crippen LogP contribution in [-0.2, 0) is 22.9 Å². The van der Waals surface area contributed by atoms with Gasteiger partial charge in [0, 0.05) is 37.6 Å². The number of thiophene rings is 1. The van der Waals surface area contributed by atoms with Crippen LogP contribution in [0.25, 0.3) is 0 Å². The van der Waals surface area contributed by atoms with Gasteiger partial charge in [0.1, 0.15) is 9.96 Å². The van der Waals surface area contributed by atoms with E-state index in [0.717, 1.165) is 43.1 Å². The number of ether oxygens (including phenoxy) is 1. The smallest absolute Gasteiger partial charge is 0.252 e. The van der Waals surface area contributed by atoms with Gasteiger partial charge in [-0.25, -0.2) is 8.42 Å². The SMILES string of the molecule is CCc1ccc(S(=O)(=O)N2CCN(CCc3cccc(OC)c3)CC2)s1. The number of hydrogen-bond acceptors (Lipinski definition) is 5. The molecule has 0 bridgehead atoms. The number of methoxy groups -OCH3 is 1. The Balaban J connectivity index is 1.53. The lowest BCUT2D eigenvalue weighted by Gasteiger charge is -2.33. The van der Waals surface area contributed by atoms with Crippen LogP contribution in [0.1, 0.15) is 17.4 Å². The van der Waals surface area contributed by atoms with E-state index < -0.39 is 10.0 Å². The Bertz CT molecular complexity index is 825. The van der Waals surface area contributed by atoms with E-state index in [2.05, 4.69) is 17.0 Å². The zero-order valence-electron chi connectivity index (χ0n) is 15.3. The number of rotatable bonds is 7. The predicted molar refractivity (Wildman–Crippen MR) is 106 cm³/mol. The lowest BCUT2D eigenvalue weighted by molar-refractivity contribution is 0.190. The van der Waals surface area contributed by atoms with Crippen LogP contribution in [0.15, 0.2) is 40.6 Å². The Kier molecular flexibility index (Phi) is 6.34. The molecule has 7 heteroatoms. The third-order valence-corrected chi connectivity index (χ3v) is 8.36. The second-order valence-electron chi connectivity index (χ2n) is 6.42. The summed E-state index contributed by atoms with van der Waals surface area (Å²) in [6.45, 7) is 5.63. The second kappa shape index (κ2) is 8.52. The van der Waals surface area contributed by atoms with Crippen molar-refractivity contribution >= 4 is 21.4 Å². The van der Waals surface area contributed by atoms with Crippen molar-refractivity contribution in [2.75, 3.05) is 39.8 Å². The first kappa shape index (κ1) is 19.4. The van der Waals surface area contributed by atoms with Crippen LogP contribution in [-0.4, -0.2) is 57.5 Å².